The topological polar surface area (TPSA) is 44.4 Å². The number of carbonyl (C=O) groups excluding carboxylic acids is 1. The van der Waals surface area contributed by atoms with Crippen molar-refractivity contribution < 1.29 is 4.79 Å². The number of nitrogens with one attached hydrogen (secondary N) is 2. The molecule has 0 aliphatic carbocycles. The average molecular weight is 251 g/mol. The molecule has 3 atom stereocenters. The van der Waals surface area contributed by atoms with E-state index < -0.39 is 0 Å². The Morgan fingerprint density at radius 1 is 1.28 bits per heavy atom. The summed E-state index contributed by atoms with van der Waals surface area (Å²) >= 11 is 0. The fourth-order valence-electron chi connectivity index (χ4n) is 3.79. The van der Waals surface area contributed by atoms with Gasteiger partial charge in [-0.05, 0) is 50.7 Å². The van der Waals surface area contributed by atoms with Gasteiger partial charge in [0.05, 0.1) is 5.92 Å². The molecule has 0 saturated carbocycles. The van der Waals surface area contributed by atoms with E-state index >= 15 is 0 Å². The van der Waals surface area contributed by atoms with Crippen LogP contribution in [0, 0.1) is 17.8 Å². The number of amides is 1. The van der Waals surface area contributed by atoms with Crippen molar-refractivity contribution in [3.8, 4) is 0 Å². The van der Waals surface area contributed by atoms with Crippen molar-refractivity contribution in [3.05, 3.63) is 0 Å². The molecule has 102 valence electrons. The number of rotatable bonds is 2. The summed E-state index contributed by atoms with van der Waals surface area (Å²) in [5.41, 5.74) is 0. The van der Waals surface area contributed by atoms with E-state index in [2.05, 4.69) is 22.5 Å². The van der Waals surface area contributed by atoms with E-state index in [0.29, 0.717) is 12.0 Å². The highest BCUT2D eigenvalue weighted by Gasteiger charge is 2.36. The molecular formula is C14H25N3O. The normalized spacial score (nSPS) is 43.7. The lowest BCUT2D eigenvalue weighted by molar-refractivity contribution is -0.128. The Hall–Kier alpha value is -0.610. The van der Waals surface area contributed by atoms with E-state index in [0.717, 1.165) is 32.0 Å². The maximum Gasteiger partial charge on any atom is 0.224 e. The van der Waals surface area contributed by atoms with E-state index in [-0.39, 0.29) is 11.8 Å². The Labute approximate surface area is 109 Å². The van der Waals surface area contributed by atoms with Crippen molar-refractivity contribution in [2.45, 2.75) is 32.2 Å². The molecule has 0 radical (unpaired) electrons. The molecule has 0 aromatic heterocycles. The van der Waals surface area contributed by atoms with Crippen LogP contribution in [-0.4, -0.2) is 49.6 Å². The van der Waals surface area contributed by atoms with Crippen molar-refractivity contribution in [3.63, 3.8) is 0 Å². The van der Waals surface area contributed by atoms with Crippen LogP contribution in [0.2, 0.25) is 0 Å². The molecule has 1 amide bonds. The molecule has 4 aliphatic rings. The molecule has 2 N–H and O–H groups in total. The predicted octanol–water partition coefficient (Wildman–Crippen LogP) is 0.442. The van der Waals surface area contributed by atoms with Gasteiger partial charge in [-0.3, -0.25) is 4.79 Å². The van der Waals surface area contributed by atoms with Crippen molar-refractivity contribution >= 4 is 5.91 Å². The molecule has 4 heterocycles. The van der Waals surface area contributed by atoms with Gasteiger partial charge in [-0.15, -0.1) is 0 Å². The zero-order valence-electron chi connectivity index (χ0n) is 11.3. The van der Waals surface area contributed by atoms with E-state index in [4.69, 9.17) is 0 Å². The molecule has 2 bridgehead atoms. The van der Waals surface area contributed by atoms with Crippen molar-refractivity contribution in [2.75, 3.05) is 32.7 Å². The van der Waals surface area contributed by atoms with Crippen molar-refractivity contribution in [1.29, 1.82) is 0 Å². The van der Waals surface area contributed by atoms with Crippen LogP contribution in [0.25, 0.3) is 0 Å². The summed E-state index contributed by atoms with van der Waals surface area (Å²) in [5.74, 6) is 1.82. The quantitative estimate of drug-likeness (QED) is 0.748. The molecule has 4 aliphatic heterocycles. The molecule has 4 nitrogen and oxygen atoms in total. The monoisotopic (exact) mass is 251 g/mol. The highest BCUT2D eigenvalue weighted by Crippen LogP contribution is 2.28. The summed E-state index contributed by atoms with van der Waals surface area (Å²) in [7, 11) is 0. The minimum absolute atomic E-state index is 0.184. The number of piperidine rings is 4. The van der Waals surface area contributed by atoms with E-state index in [1.165, 1.54) is 25.9 Å². The first-order valence-corrected chi connectivity index (χ1v) is 7.46. The lowest BCUT2D eigenvalue weighted by Crippen LogP contribution is -2.58. The highest BCUT2D eigenvalue weighted by molar-refractivity contribution is 5.79. The Kier molecular flexibility index (Phi) is 3.57. The maximum atomic E-state index is 12.3. The second-order valence-electron chi connectivity index (χ2n) is 6.45. The number of carbonyl (C=O) groups is 1. The molecule has 3 unspecified atom stereocenters. The first-order valence-electron chi connectivity index (χ1n) is 7.46. The molecule has 0 aromatic rings. The predicted molar refractivity (Wildman–Crippen MR) is 71.2 cm³/mol. The van der Waals surface area contributed by atoms with Crippen LogP contribution in [-0.2, 0) is 4.79 Å². The number of hydrogen-bond donors (Lipinski definition) is 2. The Morgan fingerprint density at radius 3 is 2.67 bits per heavy atom. The number of hydrogen-bond acceptors (Lipinski definition) is 3. The minimum Gasteiger partial charge on any atom is -0.352 e. The van der Waals surface area contributed by atoms with Gasteiger partial charge in [0.15, 0.2) is 0 Å². The molecular weight excluding hydrogens is 226 g/mol. The summed E-state index contributed by atoms with van der Waals surface area (Å²) in [6.45, 7) is 7.69. The van der Waals surface area contributed by atoms with Gasteiger partial charge in [0.25, 0.3) is 0 Å². The maximum absolute atomic E-state index is 12.3. The third kappa shape index (κ3) is 2.54. The molecule has 4 rings (SSSR count). The summed E-state index contributed by atoms with van der Waals surface area (Å²) in [5, 5.41) is 6.69. The molecule has 4 saturated heterocycles. The zero-order valence-corrected chi connectivity index (χ0v) is 11.3. The lowest BCUT2D eigenvalue weighted by Gasteiger charge is -2.45. The van der Waals surface area contributed by atoms with Gasteiger partial charge in [0.1, 0.15) is 0 Å². The standard InChI is InChI=1S/C14H25N3O/c1-10-6-12(8-15-7-10)14(18)16-13-9-17-4-2-11(13)3-5-17/h10-13,15H,2-9H2,1H3,(H,16,18). The van der Waals surface area contributed by atoms with Gasteiger partial charge < -0.3 is 15.5 Å². The summed E-state index contributed by atoms with van der Waals surface area (Å²) in [4.78, 5) is 14.8. The molecule has 4 heteroatoms. The van der Waals surface area contributed by atoms with Gasteiger partial charge in [0.2, 0.25) is 5.91 Å². The molecule has 4 fully saturated rings. The Balaban J connectivity index is 1.54. The molecule has 18 heavy (non-hydrogen) atoms. The van der Waals surface area contributed by atoms with Gasteiger partial charge in [0, 0.05) is 19.1 Å². The third-order valence-corrected chi connectivity index (χ3v) is 4.93. The average Bonchev–Trinajstić information content (AvgIpc) is 2.40. The smallest absolute Gasteiger partial charge is 0.224 e. The summed E-state index contributed by atoms with van der Waals surface area (Å²) in [6, 6.07) is 0.414. The van der Waals surface area contributed by atoms with Crippen LogP contribution >= 0.6 is 0 Å². The largest absolute Gasteiger partial charge is 0.352 e. The number of fused-ring (bicyclic) bond motifs is 3. The fraction of sp³-hybridized carbons (Fsp3) is 0.929. The van der Waals surface area contributed by atoms with Crippen LogP contribution in [0.5, 0.6) is 0 Å². The Bertz CT molecular complexity index is 312. The van der Waals surface area contributed by atoms with Crippen LogP contribution in [0.4, 0.5) is 0 Å². The lowest BCUT2D eigenvalue weighted by atomic mass is 9.83. The summed E-state index contributed by atoms with van der Waals surface area (Å²) in [6.07, 6.45) is 3.58. The number of nitrogens with zero attached hydrogens (tertiary/aromatic N) is 1. The van der Waals surface area contributed by atoms with Crippen molar-refractivity contribution in [1.82, 2.24) is 15.5 Å². The third-order valence-electron chi connectivity index (χ3n) is 4.93. The van der Waals surface area contributed by atoms with Crippen LogP contribution in [0.15, 0.2) is 0 Å². The fourth-order valence-corrected chi connectivity index (χ4v) is 3.79. The second-order valence-corrected chi connectivity index (χ2v) is 6.45. The van der Waals surface area contributed by atoms with E-state index in [9.17, 15) is 4.79 Å². The van der Waals surface area contributed by atoms with Gasteiger partial charge in [-0.2, -0.15) is 0 Å². The van der Waals surface area contributed by atoms with Crippen LogP contribution < -0.4 is 10.6 Å². The van der Waals surface area contributed by atoms with Gasteiger partial charge in [-0.1, -0.05) is 6.92 Å². The zero-order chi connectivity index (χ0) is 12.5. The van der Waals surface area contributed by atoms with Crippen molar-refractivity contribution in [2.24, 2.45) is 17.8 Å². The molecule has 0 spiro atoms. The van der Waals surface area contributed by atoms with Gasteiger partial charge in [-0.25, -0.2) is 0 Å². The second kappa shape index (κ2) is 5.17. The van der Waals surface area contributed by atoms with E-state index in [1.54, 1.807) is 0 Å². The van der Waals surface area contributed by atoms with Crippen LogP contribution in [0.1, 0.15) is 26.2 Å². The summed E-state index contributed by atoms with van der Waals surface area (Å²) < 4.78 is 0. The highest BCUT2D eigenvalue weighted by atomic mass is 16.2. The minimum atomic E-state index is 0.184. The Morgan fingerprint density at radius 2 is 2.06 bits per heavy atom. The molecule has 0 aromatic carbocycles. The van der Waals surface area contributed by atoms with Crippen LogP contribution in [0.3, 0.4) is 0 Å². The SMILES string of the molecule is CC1CNCC(C(=O)NC2CN3CCC2CC3)C1. The first kappa shape index (κ1) is 12.4. The first-order chi connectivity index (χ1) is 8.72. The van der Waals surface area contributed by atoms with E-state index in [1.807, 2.05) is 0 Å². The van der Waals surface area contributed by atoms with Gasteiger partial charge >= 0.3 is 0 Å².